The Labute approximate surface area is 167 Å². The lowest BCUT2D eigenvalue weighted by Crippen LogP contribution is -2.35. The molecule has 0 radical (unpaired) electrons. The van der Waals surface area contributed by atoms with Crippen molar-refractivity contribution in [1.82, 2.24) is 5.32 Å². The molecule has 1 heterocycles. The first-order valence-electron chi connectivity index (χ1n) is 8.87. The van der Waals surface area contributed by atoms with Gasteiger partial charge in [0.1, 0.15) is 29.5 Å². The summed E-state index contributed by atoms with van der Waals surface area (Å²) in [6, 6.07) is 11.2. The first-order chi connectivity index (χ1) is 13.9. The molecule has 0 saturated heterocycles. The van der Waals surface area contributed by atoms with Crippen LogP contribution >= 0.6 is 0 Å². The largest absolute Gasteiger partial charge is 0.489 e. The topological polar surface area (TPSA) is 115 Å². The molecule has 0 bridgehead atoms. The van der Waals surface area contributed by atoms with Crippen molar-refractivity contribution in [2.75, 3.05) is 6.61 Å². The SMILES string of the molecule is Cc1oc2ccc(OCc3ccccc3F)cc2c1C(=O)NC(C)CO.NC=O. The Bertz CT molecular complexity index is 986. The van der Waals surface area contributed by atoms with E-state index in [4.69, 9.17) is 19.1 Å². The molecule has 0 fully saturated rings. The molecule has 3 rings (SSSR count). The lowest BCUT2D eigenvalue weighted by Gasteiger charge is -2.10. The minimum Gasteiger partial charge on any atom is -0.489 e. The van der Waals surface area contributed by atoms with Crippen LogP contribution in [0.3, 0.4) is 0 Å². The van der Waals surface area contributed by atoms with Gasteiger partial charge in [0.2, 0.25) is 6.41 Å². The van der Waals surface area contributed by atoms with Crippen molar-refractivity contribution in [2.24, 2.45) is 5.73 Å². The van der Waals surface area contributed by atoms with E-state index in [0.717, 1.165) is 0 Å². The van der Waals surface area contributed by atoms with Crippen LogP contribution in [0.25, 0.3) is 11.0 Å². The van der Waals surface area contributed by atoms with Crippen LogP contribution in [0.4, 0.5) is 4.39 Å². The quantitative estimate of drug-likeness (QED) is 0.549. The van der Waals surface area contributed by atoms with Crippen molar-refractivity contribution in [3.05, 3.63) is 65.2 Å². The number of furan rings is 1. The van der Waals surface area contributed by atoms with Crippen LogP contribution in [0.1, 0.15) is 28.6 Å². The van der Waals surface area contributed by atoms with Crippen LogP contribution < -0.4 is 15.8 Å². The Balaban J connectivity index is 0.000000941. The fraction of sp³-hybridized carbons (Fsp3) is 0.238. The third kappa shape index (κ3) is 5.55. The van der Waals surface area contributed by atoms with E-state index in [1.54, 1.807) is 50.2 Å². The highest BCUT2D eigenvalue weighted by Gasteiger charge is 2.20. The van der Waals surface area contributed by atoms with Crippen molar-refractivity contribution < 1.29 is 28.2 Å². The molecule has 1 atom stereocenters. The van der Waals surface area contributed by atoms with E-state index in [0.29, 0.717) is 33.6 Å². The number of rotatable bonds is 6. The van der Waals surface area contributed by atoms with Crippen LogP contribution in [0.5, 0.6) is 5.75 Å². The summed E-state index contributed by atoms with van der Waals surface area (Å²) in [7, 11) is 0. The molecule has 1 unspecified atom stereocenters. The number of ether oxygens (including phenoxy) is 1. The van der Waals surface area contributed by atoms with Gasteiger partial charge in [-0.15, -0.1) is 0 Å². The van der Waals surface area contributed by atoms with Gasteiger partial charge in [-0.05, 0) is 38.1 Å². The molecule has 2 aromatic carbocycles. The number of halogens is 1. The number of benzene rings is 2. The van der Waals surface area contributed by atoms with Gasteiger partial charge in [0.05, 0.1) is 12.2 Å². The third-order valence-electron chi connectivity index (χ3n) is 4.07. The summed E-state index contributed by atoms with van der Waals surface area (Å²) < 4.78 is 25.0. The van der Waals surface area contributed by atoms with Crippen LogP contribution in [-0.4, -0.2) is 30.1 Å². The number of nitrogens with one attached hydrogen (secondary N) is 1. The maximum atomic E-state index is 13.7. The molecule has 29 heavy (non-hydrogen) atoms. The molecular weight excluding hydrogens is 379 g/mol. The van der Waals surface area contributed by atoms with Gasteiger partial charge in [-0.25, -0.2) is 4.39 Å². The lowest BCUT2D eigenvalue weighted by atomic mass is 10.1. The first kappa shape index (κ1) is 21.9. The molecule has 3 aromatic rings. The minimum atomic E-state index is -0.368. The molecule has 1 aromatic heterocycles. The van der Waals surface area contributed by atoms with Crippen LogP contribution in [0.2, 0.25) is 0 Å². The number of amides is 2. The maximum Gasteiger partial charge on any atom is 0.255 e. The number of carbonyl (C=O) groups excluding carboxylic acids is 2. The third-order valence-corrected chi connectivity index (χ3v) is 4.07. The van der Waals surface area contributed by atoms with Gasteiger partial charge in [0.15, 0.2) is 0 Å². The van der Waals surface area contributed by atoms with Crippen LogP contribution in [-0.2, 0) is 11.4 Å². The number of primary amides is 1. The Morgan fingerprint density at radius 3 is 2.69 bits per heavy atom. The van der Waals surface area contributed by atoms with Gasteiger partial charge in [0, 0.05) is 17.0 Å². The zero-order valence-electron chi connectivity index (χ0n) is 16.1. The number of aryl methyl sites for hydroxylation is 1. The zero-order valence-corrected chi connectivity index (χ0v) is 16.1. The highest BCUT2D eigenvalue weighted by Crippen LogP contribution is 2.29. The number of hydrogen-bond acceptors (Lipinski definition) is 5. The van der Waals surface area contributed by atoms with E-state index in [1.165, 1.54) is 6.07 Å². The van der Waals surface area contributed by atoms with Crippen molar-refractivity contribution in [3.63, 3.8) is 0 Å². The molecular formula is C21H23FN2O5. The second-order valence-electron chi connectivity index (χ2n) is 6.26. The number of hydrogen-bond donors (Lipinski definition) is 3. The summed E-state index contributed by atoms with van der Waals surface area (Å²) in [6.07, 6.45) is 0.250. The lowest BCUT2D eigenvalue weighted by molar-refractivity contribution is -0.106. The number of nitrogens with two attached hydrogens (primary N) is 1. The molecule has 0 aliphatic heterocycles. The Morgan fingerprint density at radius 1 is 1.34 bits per heavy atom. The monoisotopic (exact) mass is 402 g/mol. The van der Waals surface area contributed by atoms with E-state index >= 15 is 0 Å². The van der Waals surface area contributed by atoms with E-state index in [1.807, 2.05) is 0 Å². The fourth-order valence-electron chi connectivity index (χ4n) is 2.69. The molecule has 2 amide bonds. The van der Waals surface area contributed by atoms with E-state index < -0.39 is 0 Å². The van der Waals surface area contributed by atoms with Crippen LogP contribution in [0.15, 0.2) is 46.9 Å². The minimum absolute atomic E-state index is 0.0814. The Kier molecular flexibility index (Phi) is 7.73. The van der Waals surface area contributed by atoms with Gasteiger partial charge in [0.25, 0.3) is 5.91 Å². The smallest absolute Gasteiger partial charge is 0.255 e. The Hall–Kier alpha value is -3.39. The second-order valence-corrected chi connectivity index (χ2v) is 6.26. The number of carbonyl (C=O) groups is 2. The van der Waals surface area contributed by atoms with E-state index in [2.05, 4.69) is 11.1 Å². The van der Waals surface area contributed by atoms with Gasteiger partial charge < -0.3 is 25.3 Å². The summed E-state index contributed by atoms with van der Waals surface area (Å²) in [4.78, 5) is 21.1. The highest BCUT2D eigenvalue weighted by atomic mass is 19.1. The van der Waals surface area contributed by atoms with E-state index in [9.17, 15) is 9.18 Å². The predicted molar refractivity (Wildman–Crippen MR) is 106 cm³/mol. The van der Waals surface area contributed by atoms with Gasteiger partial charge >= 0.3 is 0 Å². The van der Waals surface area contributed by atoms with Crippen LogP contribution in [0, 0.1) is 12.7 Å². The normalized spacial score (nSPS) is 11.3. The molecule has 7 nitrogen and oxygen atoms in total. The summed E-state index contributed by atoms with van der Waals surface area (Å²) in [6.45, 7) is 3.34. The van der Waals surface area contributed by atoms with Crippen molar-refractivity contribution >= 4 is 23.3 Å². The highest BCUT2D eigenvalue weighted by molar-refractivity contribution is 6.07. The summed E-state index contributed by atoms with van der Waals surface area (Å²) in [5.41, 5.74) is 5.57. The fourth-order valence-corrected chi connectivity index (χ4v) is 2.69. The number of fused-ring (bicyclic) bond motifs is 1. The van der Waals surface area contributed by atoms with Crippen molar-refractivity contribution in [1.29, 1.82) is 0 Å². The number of aliphatic hydroxyl groups is 1. The predicted octanol–water partition coefficient (Wildman–Crippen LogP) is 2.67. The maximum absolute atomic E-state index is 13.7. The summed E-state index contributed by atoms with van der Waals surface area (Å²) >= 11 is 0. The average molecular weight is 402 g/mol. The molecule has 0 aliphatic carbocycles. The average Bonchev–Trinajstić information content (AvgIpc) is 3.03. The molecule has 154 valence electrons. The molecule has 0 aliphatic rings. The van der Waals surface area contributed by atoms with Gasteiger partial charge in [-0.1, -0.05) is 18.2 Å². The number of aliphatic hydroxyl groups excluding tert-OH is 1. The first-order valence-corrected chi connectivity index (χ1v) is 8.87. The standard InChI is InChI=1S/C20H20FNO4.CH3NO/c1-12(10-23)22-20(24)19-13(2)26-18-8-7-15(9-16(18)19)25-11-14-5-3-4-6-17(14)21;2-1-3/h3-9,12,23H,10-11H2,1-2H3,(H,22,24);1H,(H2,2,3). The Morgan fingerprint density at radius 2 is 2.03 bits per heavy atom. The van der Waals surface area contributed by atoms with Gasteiger partial charge in [-0.3, -0.25) is 9.59 Å². The van der Waals surface area contributed by atoms with E-state index in [-0.39, 0.29) is 37.4 Å². The van der Waals surface area contributed by atoms with Crippen molar-refractivity contribution in [2.45, 2.75) is 26.5 Å². The van der Waals surface area contributed by atoms with Crippen molar-refractivity contribution in [3.8, 4) is 5.75 Å². The molecule has 0 spiro atoms. The molecule has 4 N–H and O–H groups in total. The molecule has 0 saturated carbocycles. The zero-order chi connectivity index (χ0) is 21.4. The molecule has 8 heteroatoms. The summed E-state index contributed by atoms with van der Waals surface area (Å²) in [5, 5.41) is 12.4. The summed E-state index contributed by atoms with van der Waals surface area (Å²) in [5.74, 6) is 0.333. The van der Waals surface area contributed by atoms with Gasteiger partial charge in [-0.2, -0.15) is 0 Å². The second kappa shape index (κ2) is 10.2.